The molecule has 0 unspecified atom stereocenters. The Labute approximate surface area is 119 Å². The van der Waals surface area contributed by atoms with Crippen molar-refractivity contribution >= 4 is 12.0 Å². The van der Waals surface area contributed by atoms with Crippen molar-refractivity contribution in [2.75, 3.05) is 7.05 Å². The van der Waals surface area contributed by atoms with Crippen LogP contribution in [-0.2, 0) is 11.3 Å². The van der Waals surface area contributed by atoms with E-state index in [1.54, 1.807) is 27.8 Å². The molecule has 2 N–H and O–H groups in total. The Bertz CT molecular complexity index is 466. The molecule has 1 atom stereocenters. The minimum absolute atomic E-state index is 0.392. The number of urea groups is 1. The van der Waals surface area contributed by atoms with Gasteiger partial charge in [-0.15, -0.1) is 0 Å². The third-order valence-corrected chi connectivity index (χ3v) is 2.99. The van der Waals surface area contributed by atoms with Gasteiger partial charge in [0.1, 0.15) is 6.04 Å². The molecule has 0 saturated carbocycles. The van der Waals surface area contributed by atoms with Crippen molar-refractivity contribution in [2.24, 2.45) is 5.41 Å². The Kier molecular flexibility index (Phi) is 5.13. The van der Waals surface area contributed by atoms with Crippen LogP contribution in [0.3, 0.4) is 0 Å². The zero-order valence-corrected chi connectivity index (χ0v) is 12.4. The van der Waals surface area contributed by atoms with Crippen molar-refractivity contribution < 1.29 is 14.7 Å². The SMILES string of the molecule is CN(Cc1ccccc1)C(=O)N[C@@H](C(=O)O)C(C)(C)C. The van der Waals surface area contributed by atoms with Crippen LogP contribution in [0.25, 0.3) is 0 Å². The van der Waals surface area contributed by atoms with E-state index in [4.69, 9.17) is 0 Å². The number of carboxylic acids is 1. The number of rotatable bonds is 4. The zero-order chi connectivity index (χ0) is 15.3. The third kappa shape index (κ3) is 4.57. The molecule has 1 aromatic rings. The summed E-state index contributed by atoms with van der Waals surface area (Å²) >= 11 is 0. The fourth-order valence-electron chi connectivity index (χ4n) is 1.81. The van der Waals surface area contributed by atoms with Crippen LogP contribution < -0.4 is 5.32 Å². The molecule has 1 aromatic carbocycles. The molecule has 0 aliphatic carbocycles. The van der Waals surface area contributed by atoms with Gasteiger partial charge >= 0.3 is 12.0 Å². The highest BCUT2D eigenvalue weighted by molar-refractivity contribution is 5.83. The monoisotopic (exact) mass is 278 g/mol. The maximum Gasteiger partial charge on any atom is 0.326 e. The predicted octanol–water partition coefficient (Wildman–Crippen LogP) is 2.33. The smallest absolute Gasteiger partial charge is 0.326 e. The summed E-state index contributed by atoms with van der Waals surface area (Å²) in [5, 5.41) is 11.8. The Morgan fingerprint density at radius 1 is 1.25 bits per heavy atom. The van der Waals surface area contributed by atoms with Crippen molar-refractivity contribution in [1.82, 2.24) is 10.2 Å². The summed E-state index contributed by atoms with van der Waals surface area (Å²) in [7, 11) is 1.64. The first-order valence-electron chi connectivity index (χ1n) is 6.50. The van der Waals surface area contributed by atoms with Gasteiger partial charge in [0.25, 0.3) is 0 Å². The largest absolute Gasteiger partial charge is 0.480 e. The molecule has 5 heteroatoms. The van der Waals surface area contributed by atoms with Crippen LogP contribution in [0, 0.1) is 5.41 Å². The molecule has 1 rings (SSSR count). The molecule has 0 fully saturated rings. The first-order valence-corrected chi connectivity index (χ1v) is 6.50. The lowest BCUT2D eigenvalue weighted by molar-refractivity contribution is -0.142. The molecule has 0 heterocycles. The van der Waals surface area contributed by atoms with E-state index < -0.39 is 23.5 Å². The average Bonchev–Trinajstić information content (AvgIpc) is 2.34. The third-order valence-electron chi connectivity index (χ3n) is 2.99. The van der Waals surface area contributed by atoms with Crippen LogP contribution in [0.1, 0.15) is 26.3 Å². The van der Waals surface area contributed by atoms with E-state index in [1.807, 2.05) is 30.3 Å². The minimum Gasteiger partial charge on any atom is -0.480 e. The topological polar surface area (TPSA) is 69.6 Å². The normalized spacial score (nSPS) is 12.6. The van der Waals surface area contributed by atoms with Gasteiger partial charge in [0.05, 0.1) is 0 Å². The summed E-state index contributed by atoms with van der Waals surface area (Å²) in [6.45, 7) is 5.78. The molecule has 0 aliphatic heterocycles. The van der Waals surface area contributed by atoms with Crippen LogP contribution in [-0.4, -0.2) is 35.1 Å². The van der Waals surface area contributed by atoms with Gasteiger partial charge in [-0.1, -0.05) is 51.1 Å². The van der Waals surface area contributed by atoms with Crippen molar-refractivity contribution in [3.8, 4) is 0 Å². The first-order chi connectivity index (χ1) is 9.21. The fourth-order valence-corrected chi connectivity index (χ4v) is 1.81. The zero-order valence-electron chi connectivity index (χ0n) is 12.4. The van der Waals surface area contributed by atoms with E-state index in [2.05, 4.69) is 5.32 Å². The number of hydrogen-bond donors (Lipinski definition) is 2. The lowest BCUT2D eigenvalue weighted by Crippen LogP contribution is -2.52. The molecule has 2 amide bonds. The summed E-state index contributed by atoms with van der Waals surface area (Å²) in [6, 6.07) is 8.23. The fraction of sp³-hybridized carbons (Fsp3) is 0.467. The number of benzene rings is 1. The van der Waals surface area contributed by atoms with Crippen molar-refractivity contribution in [2.45, 2.75) is 33.4 Å². The number of carbonyl (C=O) groups is 2. The van der Waals surface area contributed by atoms with Gasteiger partial charge < -0.3 is 15.3 Å². The molecular formula is C15H22N2O3. The van der Waals surface area contributed by atoms with Crippen molar-refractivity contribution in [1.29, 1.82) is 0 Å². The van der Waals surface area contributed by atoms with E-state index in [0.717, 1.165) is 5.56 Å². The summed E-state index contributed by atoms with van der Waals surface area (Å²) in [5.41, 5.74) is 0.447. The quantitative estimate of drug-likeness (QED) is 0.888. The average molecular weight is 278 g/mol. The van der Waals surface area contributed by atoms with E-state index in [9.17, 15) is 14.7 Å². The van der Waals surface area contributed by atoms with Crippen LogP contribution in [0.4, 0.5) is 4.79 Å². The second kappa shape index (κ2) is 6.41. The summed E-state index contributed by atoms with van der Waals surface area (Å²) < 4.78 is 0. The van der Waals surface area contributed by atoms with Crippen molar-refractivity contribution in [3.63, 3.8) is 0 Å². The van der Waals surface area contributed by atoms with Crippen LogP contribution in [0.2, 0.25) is 0 Å². The summed E-state index contributed by atoms with van der Waals surface area (Å²) in [6.07, 6.45) is 0. The first kappa shape index (κ1) is 16.0. The predicted molar refractivity (Wildman–Crippen MR) is 77.3 cm³/mol. The molecule has 0 saturated heterocycles. The van der Waals surface area contributed by atoms with E-state index in [1.165, 1.54) is 4.90 Å². The molecule has 0 aromatic heterocycles. The standard InChI is InChI=1S/C15H22N2O3/c1-15(2,3)12(13(18)19)16-14(20)17(4)10-11-8-6-5-7-9-11/h5-9,12H,10H2,1-4H3,(H,16,20)(H,18,19)/t12-/m0/s1. The molecule has 5 nitrogen and oxygen atoms in total. The molecule has 0 aliphatic rings. The maximum absolute atomic E-state index is 12.1. The Balaban J connectivity index is 2.67. The highest BCUT2D eigenvalue weighted by atomic mass is 16.4. The highest BCUT2D eigenvalue weighted by Crippen LogP contribution is 2.19. The number of carboxylic acid groups (broad SMARTS) is 1. The highest BCUT2D eigenvalue weighted by Gasteiger charge is 2.33. The van der Waals surface area contributed by atoms with Gasteiger partial charge in [-0.05, 0) is 11.0 Å². The van der Waals surface area contributed by atoms with Gasteiger partial charge in [0.15, 0.2) is 0 Å². The number of nitrogens with one attached hydrogen (secondary N) is 1. The van der Waals surface area contributed by atoms with E-state index in [0.29, 0.717) is 6.54 Å². The molecule has 0 radical (unpaired) electrons. The lowest BCUT2D eigenvalue weighted by atomic mass is 9.87. The number of carbonyl (C=O) groups excluding carboxylic acids is 1. The van der Waals surface area contributed by atoms with E-state index in [-0.39, 0.29) is 0 Å². The maximum atomic E-state index is 12.1. The Hall–Kier alpha value is -2.04. The Morgan fingerprint density at radius 2 is 1.80 bits per heavy atom. The lowest BCUT2D eigenvalue weighted by Gasteiger charge is -2.29. The van der Waals surface area contributed by atoms with Gasteiger partial charge in [0, 0.05) is 13.6 Å². The van der Waals surface area contributed by atoms with Crippen LogP contribution >= 0.6 is 0 Å². The van der Waals surface area contributed by atoms with E-state index >= 15 is 0 Å². The second-order valence-corrected chi connectivity index (χ2v) is 5.93. The minimum atomic E-state index is -1.03. The molecule has 110 valence electrons. The van der Waals surface area contributed by atoms with Gasteiger partial charge in [-0.3, -0.25) is 0 Å². The van der Waals surface area contributed by atoms with Crippen molar-refractivity contribution in [3.05, 3.63) is 35.9 Å². The van der Waals surface area contributed by atoms with Gasteiger partial charge in [-0.2, -0.15) is 0 Å². The summed E-state index contributed by atoms with van der Waals surface area (Å²) in [4.78, 5) is 24.8. The molecule has 0 spiro atoms. The number of aliphatic carboxylic acids is 1. The number of nitrogens with zero attached hydrogens (tertiary/aromatic N) is 1. The molecular weight excluding hydrogens is 256 g/mol. The number of hydrogen-bond acceptors (Lipinski definition) is 2. The summed E-state index contributed by atoms with van der Waals surface area (Å²) in [5.74, 6) is -1.03. The molecule has 0 bridgehead atoms. The van der Waals surface area contributed by atoms with Gasteiger partial charge in [-0.25, -0.2) is 9.59 Å². The second-order valence-electron chi connectivity index (χ2n) is 5.93. The Morgan fingerprint density at radius 3 is 2.25 bits per heavy atom. The van der Waals surface area contributed by atoms with Crippen LogP contribution in [0.15, 0.2) is 30.3 Å². The number of amides is 2. The van der Waals surface area contributed by atoms with Crippen LogP contribution in [0.5, 0.6) is 0 Å². The molecule has 20 heavy (non-hydrogen) atoms. The van der Waals surface area contributed by atoms with Gasteiger partial charge in [0.2, 0.25) is 0 Å².